The van der Waals surface area contributed by atoms with E-state index in [0.29, 0.717) is 24.7 Å². The van der Waals surface area contributed by atoms with Crippen molar-refractivity contribution in [3.8, 4) is 0 Å². The summed E-state index contributed by atoms with van der Waals surface area (Å²) in [7, 11) is -1.38. The van der Waals surface area contributed by atoms with Crippen LogP contribution in [0.3, 0.4) is 0 Å². The van der Waals surface area contributed by atoms with Gasteiger partial charge in [0.1, 0.15) is 15.7 Å². The number of halogens is 1. The average Bonchev–Trinajstić information content (AvgIpc) is 2.67. The number of ether oxygens (including phenoxy) is 1. The molecule has 1 aliphatic rings. The number of nitrogens with zero attached hydrogens (tertiary/aromatic N) is 2. The van der Waals surface area contributed by atoms with Gasteiger partial charge in [-0.15, -0.1) is 0 Å². The molecule has 1 aliphatic heterocycles. The van der Waals surface area contributed by atoms with Gasteiger partial charge in [0.15, 0.2) is 5.96 Å². The van der Waals surface area contributed by atoms with Crippen molar-refractivity contribution in [2.24, 2.45) is 4.99 Å². The van der Waals surface area contributed by atoms with Crippen molar-refractivity contribution in [1.82, 2.24) is 15.5 Å². The van der Waals surface area contributed by atoms with E-state index in [9.17, 15) is 12.8 Å². The molecule has 2 N–H and O–H groups in total. The Morgan fingerprint density at radius 2 is 2.07 bits per heavy atom. The Hall–Kier alpha value is -1.71. The number of hydrogen-bond donors (Lipinski definition) is 2. The first-order valence-corrected chi connectivity index (χ1v) is 12.1. The molecule has 0 amide bonds. The van der Waals surface area contributed by atoms with Gasteiger partial charge in [0.05, 0.1) is 18.9 Å². The van der Waals surface area contributed by atoms with Crippen LogP contribution in [0, 0.1) is 5.82 Å². The predicted molar refractivity (Wildman–Crippen MR) is 114 cm³/mol. The van der Waals surface area contributed by atoms with Gasteiger partial charge in [0, 0.05) is 51.1 Å². The molecule has 0 spiro atoms. The zero-order valence-electron chi connectivity index (χ0n) is 17.6. The van der Waals surface area contributed by atoms with E-state index in [1.54, 1.807) is 19.2 Å². The molecule has 7 nitrogen and oxygen atoms in total. The molecule has 9 heteroatoms. The van der Waals surface area contributed by atoms with Crippen LogP contribution in [-0.2, 0) is 27.7 Å². The van der Waals surface area contributed by atoms with Crippen LogP contribution in [0.15, 0.2) is 23.2 Å². The lowest BCUT2D eigenvalue weighted by molar-refractivity contribution is 0.181. The Balaban J connectivity index is 1.89. The summed E-state index contributed by atoms with van der Waals surface area (Å²) in [6.07, 6.45) is 3.14. The molecule has 1 aromatic rings. The Bertz CT molecular complexity index is 778. The molecule has 164 valence electrons. The first kappa shape index (κ1) is 23.6. The van der Waals surface area contributed by atoms with Crippen molar-refractivity contribution in [1.29, 1.82) is 0 Å². The molecule has 0 atom stereocenters. The van der Waals surface area contributed by atoms with E-state index < -0.39 is 9.84 Å². The van der Waals surface area contributed by atoms with Crippen molar-refractivity contribution in [3.63, 3.8) is 0 Å². The smallest absolute Gasteiger partial charge is 0.191 e. The monoisotopic (exact) mass is 428 g/mol. The summed E-state index contributed by atoms with van der Waals surface area (Å²) in [5, 5.41) is 6.72. The highest BCUT2D eigenvalue weighted by atomic mass is 32.2. The van der Waals surface area contributed by atoms with Crippen LogP contribution >= 0.6 is 0 Å². The largest absolute Gasteiger partial charge is 0.380 e. The Kier molecular flexibility index (Phi) is 9.32. The molecule has 0 saturated carbocycles. The Morgan fingerprint density at radius 3 is 2.69 bits per heavy atom. The highest BCUT2D eigenvalue weighted by Crippen LogP contribution is 2.13. The SMILES string of the molecule is CCNC(=NCc1ccc(F)c(COC)c1)NC1CCN(CCS(C)(=O)=O)CC1. The van der Waals surface area contributed by atoms with Crippen molar-refractivity contribution >= 4 is 15.8 Å². The van der Waals surface area contributed by atoms with Gasteiger partial charge in [-0.25, -0.2) is 17.8 Å². The molecule has 0 aliphatic carbocycles. The van der Waals surface area contributed by atoms with E-state index >= 15 is 0 Å². The van der Waals surface area contributed by atoms with E-state index in [4.69, 9.17) is 4.74 Å². The molecule has 2 rings (SSSR count). The zero-order valence-corrected chi connectivity index (χ0v) is 18.4. The fourth-order valence-corrected chi connectivity index (χ4v) is 3.86. The van der Waals surface area contributed by atoms with Gasteiger partial charge in [-0.3, -0.25) is 0 Å². The number of hydrogen-bond acceptors (Lipinski definition) is 5. The van der Waals surface area contributed by atoms with Crippen LogP contribution in [0.5, 0.6) is 0 Å². The summed E-state index contributed by atoms with van der Waals surface area (Å²) in [5.74, 6) is 0.671. The van der Waals surface area contributed by atoms with Gasteiger partial charge in [-0.05, 0) is 37.5 Å². The molecular formula is C20H33FN4O3S. The number of aliphatic imine (C=N–C) groups is 1. The second-order valence-electron chi connectivity index (χ2n) is 7.44. The van der Waals surface area contributed by atoms with E-state index in [1.807, 2.05) is 6.92 Å². The number of piperidine rings is 1. The van der Waals surface area contributed by atoms with Gasteiger partial charge in [-0.1, -0.05) is 6.07 Å². The quantitative estimate of drug-likeness (QED) is 0.459. The number of benzene rings is 1. The maximum atomic E-state index is 13.8. The number of guanidine groups is 1. The topological polar surface area (TPSA) is 83.0 Å². The van der Waals surface area contributed by atoms with Crippen molar-refractivity contribution in [3.05, 3.63) is 35.1 Å². The fourth-order valence-electron chi connectivity index (χ4n) is 3.27. The second-order valence-corrected chi connectivity index (χ2v) is 9.70. The van der Waals surface area contributed by atoms with E-state index in [2.05, 4.69) is 20.5 Å². The summed E-state index contributed by atoms with van der Waals surface area (Å²) in [6.45, 7) is 5.76. The summed E-state index contributed by atoms with van der Waals surface area (Å²) < 4.78 is 41.5. The summed E-state index contributed by atoms with van der Waals surface area (Å²) in [4.78, 5) is 6.83. The van der Waals surface area contributed by atoms with Crippen molar-refractivity contribution in [2.45, 2.75) is 39.0 Å². The third-order valence-corrected chi connectivity index (χ3v) is 5.80. The molecule has 1 saturated heterocycles. The van der Waals surface area contributed by atoms with Crippen LogP contribution in [0.2, 0.25) is 0 Å². The fraction of sp³-hybridized carbons (Fsp3) is 0.650. The van der Waals surface area contributed by atoms with E-state index in [1.165, 1.54) is 12.3 Å². The summed E-state index contributed by atoms with van der Waals surface area (Å²) in [5.41, 5.74) is 1.45. The second kappa shape index (κ2) is 11.5. The molecule has 0 radical (unpaired) electrons. The predicted octanol–water partition coefficient (Wildman–Crippen LogP) is 1.54. The van der Waals surface area contributed by atoms with Crippen LogP contribution in [0.4, 0.5) is 4.39 Å². The molecule has 29 heavy (non-hydrogen) atoms. The van der Waals surface area contributed by atoms with Crippen LogP contribution in [0.1, 0.15) is 30.9 Å². The Morgan fingerprint density at radius 1 is 1.34 bits per heavy atom. The summed E-state index contributed by atoms with van der Waals surface area (Å²) >= 11 is 0. The van der Waals surface area contributed by atoms with Gasteiger partial charge in [0.2, 0.25) is 0 Å². The molecule has 0 aromatic heterocycles. The first-order valence-electron chi connectivity index (χ1n) is 10.0. The number of nitrogens with one attached hydrogen (secondary N) is 2. The number of methoxy groups -OCH3 is 1. The van der Waals surface area contributed by atoms with Crippen LogP contribution in [0.25, 0.3) is 0 Å². The maximum absolute atomic E-state index is 13.8. The van der Waals surface area contributed by atoms with Crippen LogP contribution < -0.4 is 10.6 Å². The molecular weight excluding hydrogens is 395 g/mol. The molecule has 0 unspecified atom stereocenters. The van der Waals surface area contributed by atoms with Gasteiger partial charge >= 0.3 is 0 Å². The van der Waals surface area contributed by atoms with Crippen molar-refractivity contribution < 1.29 is 17.5 Å². The minimum Gasteiger partial charge on any atom is -0.380 e. The first-order chi connectivity index (χ1) is 13.8. The highest BCUT2D eigenvalue weighted by molar-refractivity contribution is 7.90. The lowest BCUT2D eigenvalue weighted by Crippen LogP contribution is -2.49. The minimum atomic E-state index is -2.92. The average molecular weight is 429 g/mol. The molecule has 1 heterocycles. The minimum absolute atomic E-state index is 0.206. The molecule has 1 fully saturated rings. The third kappa shape index (κ3) is 8.67. The third-order valence-electron chi connectivity index (χ3n) is 4.88. The highest BCUT2D eigenvalue weighted by Gasteiger charge is 2.20. The molecule has 0 bridgehead atoms. The number of rotatable bonds is 9. The van der Waals surface area contributed by atoms with Gasteiger partial charge in [-0.2, -0.15) is 0 Å². The Labute approximate surface area is 173 Å². The van der Waals surface area contributed by atoms with Crippen LogP contribution in [-0.4, -0.2) is 70.6 Å². The summed E-state index contributed by atoms with van der Waals surface area (Å²) in [6, 6.07) is 5.26. The standard InChI is InChI=1S/C20H33FN4O3S/c1-4-22-20(23-14-16-5-6-19(21)17(13-16)15-28-2)24-18-7-9-25(10-8-18)11-12-29(3,26)27/h5-6,13,18H,4,7-12,14-15H2,1-3H3,(H2,22,23,24). The zero-order chi connectivity index (χ0) is 21.3. The van der Waals surface area contributed by atoms with Gasteiger partial charge in [0.25, 0.3) is 0 Å². The van der Waals surface area contributed by atoms with E-state index in [-0.39, 0.29) is 18.2 Å². The van der Waals surface area contributed by atoms with Crippen molar-refractivity contribution in [2.75, 3.05) is 45.3 Å². The number of sulfone groups is 1. The maximum Gasteiger partial charge on any atom is 0.191 e. The van der Waals surface area contributed by atoms with Gasteiger partial charge < -0.3 is 20.3 Å². The lowest BCUT2D eigenvalue weighted by Gasteiger charge is -2.32. The van der Waals surface area contributed by atoms with E-state index in [0.717, 1.165) is 44.0 Å². The normalized spacial score (nSPS) is 16.8. The number of likely N-dealkylation sites (tertiary alicyclic amines) is 1. The molecule has 1 aromatic carbocycles. The lowest BCUT2D eigenvalue weighted by atomic mass is 10.1.